The Morgan fingerprint density at radius 2 is 1.80 bits per heavy atom. The average Bonchev–Trinajstić information content (AvgIpc) is 3.39. The molecule has 6 nitrogen and oxygen atoms in total. The third-order valence-corrected chi connectivity index (χ3v) is 6.61. The van der Waals surface area contributed by atoms with Gasteiger partial charge in [0, 0.05) is 23.6 Å². The first-order chi connectivity index (χ1) is 17.0. The van der Waals surface area contributed by atoms with Crippen molar-refractivity contribution in [3.05, 3.63) is 107 Å². The van der Waals surface area contributed by atoms with E-state index in [9.17, 15) is 14.7 Å². The molecule has 1 amide bonds. The van der Waals surface area contributed by atoms with Gasteiger partial charge in [-0.1, -0.05) is 42.5 Å². The molecule has 2 atom stereocenters. The van der Waals surface area contributed by atoms with Crippen molar-refractivity contribution in [1.29, 1.82) is 0 Å². The number of amides is 1. The molecule has 6 rings (SSSR count). The Hall–Kier alpha value is -4.45. The monoisotopic (exact) mass is 462 g/mol. The molecule has 35 heavy (non-hydrogen) atoms. The van der Waals surface area contributed by atoms with Crippen LogP contribution in [0.3, 0.4) is 0 Å². The second-order valence-electron chi connectivity index (χ2n) is 8.88. The van der Waals surface area contributed by atoms with Gasteiger partial charge in [-0.2, -0.15) is 0 Å². The maximum atomic E-state index is 13.5. The highest BCUT2D eigenvalue weighted by atomic mass is 16.5. The standard InChI is InChI=1S/C29H22N2O4/c1-17-15-20-16-19(12-13-24(20)35-17)27(32)25-26(22-10-4-5-14-30-22)31(29(34)28(25)33)23-11-6-8-18-7-2-3-9-21(18)23/h2-14,16-17,26,32H,15H2,1H3/b27-25+. The molecular weight excluding hydrogens is 440 g/mol. The van der Waals surface area contributed by atoms with Crippen molar-refractivity contribution in [2.75, 3.05) is 4.90 Å². The Bertz CT molecular complexity index is 1520. The number of carbonyl (C=O) groups excluding carboxylic acids is 2. The fourth-order valence-corrected chi connectivity index (χ4v) is 5.04. The molecule has 172 valence electrons. The Balaban J connectivity index is 1.57. The molecule has 4 aromatic rings. The number of rotatable bonds is 3. The van der Waals surface area contributed by atoms with Crippen LogP contribution in [0.15, 0.2) is 90.6 Å². The van der Waals surface area contributed by atoms with Crippen molar-refractivity contribution >= 4 is 33.9 Å². The van der Waals surface area contributed by atoms with Gasteiger partial charge >= 0.3 is 0 Å². The van der Waals surface area contributed by atoms with Crippen molar-refractivity contribution in [1.82, 2.24) is 4.98 Å². The normalized spacial score (nSPS) is 20.8. The third kappa shape index (κ3) is 3.37. The van der Waals surface area contributed by atoms with Gasteiger partial charge in [0.05, 0.1) is 17.0 Å². The molecule has 2 aliphatic rings. The number of anilines is 1. The molecule has 0 radical (unpaired) electrons. The van der Waals surface area contributed by atoms with Crippen LogP contribution in [0.25, 0.3) is 16.5 Å². The lowest BCUT2D eigenvalue weighted by molar-refractivity contribution is -0.132. The van der Waals surface area contributed by atoms with Crippen LogP contribution in [0.2, 0.25) is 0 Å². The molecular formula is C29H22N2O4. The van der Waals surface area contributed by atoms with Crippen LogP contribution in [-0.4, -0.2) is 27.9 Å². The van der Waals surface area contributed by atoms with Gasteiger partial charge in [0.25, 0.3) is 11.7 Å². The first-order valence-electron chi connectivity index (χ1n) is 11.5. The van der Waals surface area contributed by atoms with E-state index in [1.54, 1.807) is 36.5 Å². The van der Waals surface area contributed by atoms with E-state index in [-0.39, 0.29) is 17.4 Å². The molecule has 3 heterocycles. The highest BCUT2D eigenvalue weighted by Gasteiger charge is 2.48. The molecule has 3 aromatic carbocycles. The summed E-state index contributed by atoms with van der Waals surface area (Å²) < 4.78 is 5.77. The lowest BCUT2D eigenvalue weighted by Gasteiger charge is -2.25. The molecule has 0 spiro atoms. The summed E-state index contributed by atoms with van der Waals surface area (Å²) in [6, 6.07) is 23.1. The maximum absolute atomic E-state index is 13.5. The lowest BCUT2D eigenvalue weighted by Crippen LogP contribution is -2.30. The number of Topliss-reactive ketones (excluding diaryl/α,β-unsaturated/α-hetero) is 1. The quantitative estimate of drug-likeness (QED) is 0.258. The van der Waals surface area contributed by atoms with Gasteiger partial charge in [-0.05, 0) is 54.3 Å². The highest BCUT2D eigenvalue weighted by Crippen LogP contribution is 2.44. The second-order valence-corrected chi connectivity index (χ2v) is 8.88. The zero-order valence-corrected chi connectivity index (χ0v) is 19.0. The van der Waals surface area contributed by atoms with Crippen LogP contribution in [0.4, 0.5) is 5.69 Å². The second kappa shape index (κ2) is 8.09. The zero-order valence-electron chi connectivity index (χ0n) is 19.0. The van der Waals surface area contributed by atoms with Crippen molar-refractivity contribution in [3.63, 3.8) is 0 Å². The van der Waals surface area contributed by atoms with Crippen LogP contribution < -0.4 is 9.64 Å². The Kier molecular flexibility index (Phi) is 4.88. The van der Waals surface area contributed by atoms with E-state index in [0.29, 0.717) is 23.4 Å². The molecule has 1 N–H and O–H groups in total. The third-order valence-electron chi connectivity index (χ3n) is 6.61. The summed E-state index contributed by atoms with van der Waals surface area (Å²) in [6.45, 7) is 1.98. The SMILES string of the molecule is CC1Cc2cc(/C(O)=C3\C(=O)C(=O)N(c4cccc5ccccc45)C3c3ccccn3)ccc2O1. The van der Waals surface area contributed by atoms with Crippen molar-refractivity contribution in [2.24, 2.45) is 0 Å². The highest BCUT2D eigenvalue weighted by molar-refractivity contribution is 6.52. The largest absolute Gasteiger partial charge is 0.507 e. The minimum atomic E-state index is -0.870. The van der Waals surface area contributed by atoms with Crippen molar-refractivity contribution in [3.8, 4) is 5.75 Å². The van der Waals surface area contributed by atoms with Gasteiger partial charge in [-0.25, -0.2) is 0 Å². The number of aliphatic hydroxyl groups is 1. The molecule has 0 aliphatic carbocycles. The van der Waals surface area contributed by atoms with Crippen LogP contribution in [0, 0.1) is 0 Å². The first kappa shape index (κ1) is 21.1. The number of aromatic nitrogens is 1. The first-order valence-corrected chi connectivity index (χ1v) is 11.5. The average molecular weight is 463 g/mol. The number of carbonyl (C=O) groups is 2. The minimum absolute atomic E-state index is 0.0218. The summed E-state index contributed by atoms with van der Waals surface area (Å²) in [6.07, 6.45) is 2.38. The van der Waals surface area contributed by atoms with E-state index in [4.69, 9.17) is 4.74 Å². The van der Waals surface area contributed by atoms with E-state index < -0.39 is 17.7 Å². The molecule has 1 saturated heterocycles. The summed E-state index contributed by atoms with van der Waals surface area (Å²) in [4.78, 5) is 32.9. The topological polar surface area (TPSA) is 79.7 Å². The molecule has 0 saturated carbocycles. The van der Waals surface area contributed by atoms with Gasteiger partial charge < -0.3 is 9.84 Å². The summed E-state index contributed by atoms with van der Waals surface area (Å²) in [7, 11) is 0. The molecule has 2 unspecified atom stereocenters. The van der Waals surface area contributed by atoms with E-state index in [2.05, 4.69) is 4.98 Å². The van der Waals surface area contributed by atoms with E-state index >= 15 is 0 Å². The molecule has 1 fully saturated rings. The number of pyridine rings is 1. The number of benzene rings is 3. The summed E-state index contributed by atoms with van der Waals surface area (Å²) in [5, 5.41) is 13.2. The van der Waals surface area contributed by atoms with E-state index in [1.807, 2.05) is 55.5 Å². The Morgan fingerprint density at radius 3 is 2.63 bits per heavy atom. The van der Waals surface area contributed by atoms with Gasteiger partial charge in [0.1, 0.15) is 23.7 Å². The summed E-state index contributed by atoms with van der Waals surface area (Å²) in [5.41, 5.74) is 2.54. The number of ether oxygens (including phenoxy) is 1. The molecule has 2 aliphatic heterocycles. The fraction of sp³-hybridized carbons (Fsp3) is 0.138. The Morgan fingerprint density at radius 1 is 1.00 bits per heavy atom. The zero-order chi connectivity index (χ0) is 24.1. The van der Waals surface area contributed by atoms with Crippen LogP contribution in [0.5, 0.6) is 5.75 Å². The summed E-state index contributed by atoms with van der Waals surface area (Å²) >= 11 is 0. The van der Waals surface area contributed by atoms with Crippen LogP contribution in [-0.2, 0) is 16.0 Å². The predicted octanol–water partition coefficient (Wildman–Crippen LogP) is 5.18. The molecule has 1 aromatic heterocycles. The fourth-order valence-electron chi connectivity index (χ4n) is 5.04. The van der Waals surface area contributed by atoms with E-state index in [1.165, 1.54) is 4.90 Å². The number of fused-ring (bicyclic) bond motifs is 2. The number of hydrogen-bond acceptors (Lipinski definition) is 5. The Labute approximate surface area is 202 Å². The molecule has 0 bridgehead atoms. The van der Waals surface area contributed by atoms with Gasteiger partial charge in [0.2, 0.25) is 0 Å². The maximum Gasteiger partial charge on any atom is 0.300 e. The smallest absolute Gasteiger partial charge is 0.300 e. The number of ketones is 1. The van der Waals surface area contributed by atoms with Crippen LogP contribution >= 0.6 is 0 Å². The van der Waals surface area contributed by atoms with Crippen molar-refractivity contribution < 1.29 is 19.4 Å². The van der Waals surface area contributed by atoms with Gasteiger partial charge in [-0.15, -0.1) is 0 Å². The summed E-state index contributed by atoms with van der Waals surface area (Å²) in [5.74, 6) is -0.886. The van der Waals surface area contributed by atoms with Crippen molar-refractivity contribution in [2.45, 2.75) is 25.5 Å². The van der Waals surface area contributed by atoms with Gasteiger partial charge in [-0.3, -0.25) is 19.5 Å². The predicted molar refractivity (Wildman–Crippen MR) is 133 cm³/mol. The molecule has 6 heteroatoms. The van der Waals surface area contributed by atoms with E-state index in [0.717, 1.165) is 22.1 Å². The number of aliphatic hydroxyl groups excluding tert-OH is 1. The van der Waals surface area contributed by atoms with Gasteiger partial charge in [0.15, 0.2) is 0 Å². The van der Waals surface area contributed by atoms with Crippen LogP contribution in [0.1, 0.15) is 29.8 Å². The number of hydrogen-bond donors (Lipinski definition) is 1. The number of nitrogens with zero attached hydrogens (tertiary/aromatic N) is 2. The minimum Gasteiger partial charge on any atom is -0.507 e. The lowest BCUT2D eigenvalue weighted by atomic mass is 9.96.